The van der Waals surface area contributed by atoms with Gasteiger partial charge in [0.25, 0.3) is 5.69 Å². The number of carbonyl (C=O) groups excluding carboxylic acids is 1. The van der Waals surface area contributed by atoms with Crippen molar-refractivity contribution in [3.8, 4) is 0 Å². The van der Waals surface area contributed by atoms with E-state index in [2.05, 4.69) is 22.3 Å². The van der Waals surface area contributed by atoms with Gasteiger partial charge < -0.3 is 5.32 Å². The first-order valence-corrected chi connectivity index (χ1v) is 8.43. The number of nitro groups is 1. The average molecular weight is 339 g/mol. The number of amides is 1. The molecule has 0 saturated carbocycles. The number of benzene rings is 2. The van der Waals surface area contributed by atoms with Gasteiger partial charge in [-0.3, -0.25) is 19.8 Å². The van der Waals surface area contributed by atoms with E-state index in [-0.39, 0.29) is 17.5 Å². The van der Waals surface area contributed by atoms with Crippen molar-refractivity contribution in [3.63, 3.8) is 0 Å². The third kappa shape index (κ3) is 4.64. The highest BCUT2D eigenvalue weighted by Crippen LogP contribution is 2.22. The number of non-ortho nitro benzene ring substituents is 1. The summed E-state index contributed by atoms with van der Waals surface area (Å²) in [6, 6.07) is 16.3. The Kier molecular flexibility index (Phi) is 5.40. The minimum absolute atomic E-state index is 0.0212. The van der Waals surface area contributed by atoms with Crippen LogP contribution in [0.15, 0.2) is 54.6 Å². The van der Waals surface area contributed by atoms with Crippen LogP contribution in [0, 0.1) is 16.0 Å². The summed E-state index contributed by atoms with van der Waals surface area (Å²) in [6.45, 7) is 2.52. The first-order chi connectivity index (χ1) is 12.1. The van der Waals surface area contributed by atoms with Crippen molar-refractivity contribution in [1.29, 1.82) is 0 Å². The zero-order chi connectivity index (χ0) is 17.6. The summed E-state index contributed by atoms with van der Waals surface area (Å²) in [5.74, 6) is -0.171. The van der Waals surface area contributed by atoms with Gasteiger partial charge in [-0.1, -0.05) is 36.4 Å². The number of nitrogens with one attached hydrogen (secondary N) is 1. The van der Waals surface area contributed by atoms with Crippen LogP contribution in [0.1, 0.15) is 18.4 Å². The maximum atomic E-state index is 12.5. The lowest BCUT2D eigenvalue weighted by Crippen LogP contribution is -2.40. The van der Waals surface area contributed by atoms with E-state index in [0.29, 0.717) is 12.2 Å². The van der Waals surface area contributed by atoms with Crippen molar-refractivity contribution >= 4 is 17.3 Å². The lowest BCUT2D eigenvalue weighted by Gasteiger charge is -2.32. The molecule has 1 saturated heterocycles. The molecule has 1 aliphatic rings. The molecular weight excluding hydrogens is 318 g/mol. The summed E-state index contributed by atoms with van der Waals surface area (Å²) in [4.78, 5) is 25.2. The Morgan fingerprint density at radius 2 is 2.00 bits per heavy atom. The molecule has 1 heterocycles. The minimum atomic E-state index is -0.460. The highest BCUT2D eigenvalue weighted by Gasteiger charge is 2.26. The predicted molar refractivity (Wildman–Crippen MR) is 96.2 cm³/mol. The van der Waals surface area contributed by atoms with E-state index in [9.17, 15) is 14.9 Å². The van der Waals surface area contributed by atoms with Crippen molar-refractivity contribution in [2.45, 2.75) is 19.4 Å². The van der Waals surface area contributed by atoms with E-state index in [1.165, 1.54) is 17.7 Å². The highest BCUT2D eigenvalue weighted by atomic mass is 16.6. The monoisotopic (exact) mass is 339 g/mol. The van der Waals surface area contributed by atoms with Gasteiger partial charge in [-0.15, -0.1) is 0 Å². The van der Waals surface area contributed by atoms with Gasteiger partial charge >= 0.3 is 0 Å². The molecule has 2 aromatic rings. The first-order valence-electron chi connectivity index (χ1n) is 8.43. The smallest absolute Gasteiger partial charge is 0.271 e. The Hall–Kier alpha value is -2.73. The first kappa shape index (κ1) is 17.1. The Bertz CT molecular complexity index is 749. The molecule has 0 aromatic heterocycles. The van der Waals surface area contributed by atoms with Gasteiger partial charge in [-0.25, -0.2) is 0 Å². The number of nitrogens with zero attached hydrogens (tertiary/aromatic N) is 2. The molecule has 1 N–H and O–H groups in total. The van der Waals surface area contributed by atoms with Crippen LogP contribution >= 0.6 is 0 Å². The molecule has 0 radical (unpaired) electrons. The van der Waals surface area contributed by atoms with Crippen LogP contribution in [-0.2, 0) is 11.3 Å². The zero-order valence-corrected chi connectivity index (χ0v) is 13.9. The predicted octanol–water partition coefficient (Wildman–Crippen LogP) is 3.45. The number of likely N-dealkylation sites (tertiary alicyclic amines) is 1. The molecule has 1 amide bonds. The van der Waals surface area contributed by atoms with Crippen LogP contribution in [0.3, 0.4) is 0 Å². The van der Waals surface area contributed by atoms with Gasteiger partial charge in [0.15, 0.2) is 0 Å². The number of piperidine rings is 1. The second-order valence-electron chi connectivity index (χ2n) is 6.36. The molecule has 0 aliphatic carbocycles. The fourth-order valence-corrected chi connectivity index (χ4v) is 3.20. The molecule has 0 bridgehead atoms. The Morgan fingerprint density at radius 3 is 2.76 bits per heavy atom. The van der Waals surface area contributed by atoms with Gasteiger partial charge in [0.1, 0.15) is 0 Å². The number of hydrogen-bond donors (Lipinski definition) is 1. The van der Waals surface area contributed by atoms with E-state index >= 15 is 0 Å². The SMILES string of the molecule is O=C(Nc1cccc([N+](=O)[O-])c1)[C@@H]1CCCN(Cc2ccccc2)C1. The quantitative estimate of drug-likeness (QED) is 0.669. The van der Waals surface area contributed by atoms with Crippen molar-refractivity contribution in [2.24, 2.45) is 5.92 Å². The van der Waals surface area contributed by atoms with Crippen molar-refractivity contribution < 1.29 is 9.72 Å². The van der Waals surface area contributed by atoms with Crippen LogP contribution in [0.25, 0.3) is 0 Å². The largest absolute Gasteiger partial charge is 0.326 e. The molecule has 1 aliphatic heterocycles. The molecular formula is C19H21N3O3. The molecule has 1 atom stereocenters. The van der Waals surface area contributed by atoms with Crippen LogP contribution in [0.2, 0.25) is 0 Å². The number of rotatable bonds is 5. The third-order valence-corrected chi connectivity index (χ3v) is 4.45. The molecule has 2 aromatic carbocycles. The second-order valence-corrected chi connectivity index (χ2v) is 6.36. The molecule has 6 nitrogen and oxygen atoms in total. The third-order valence-electron chi connectivity index (χ3n) is 4.45. The van der Waals surface area contributed by atoms with Gasteiger partial charge in [-0.05, 0) is 31.0 Å². The molecule has 1 fully saturated rings. The summed E-state index contributed by atoms with van der Waals surface area (Å²) >= 11 is 0. The normalized spacial score (nSPS) is 17.8. The van der Waals surface area contributed by atoms with Crippen molar-refractivity contribution in [1.82, 2.24) is 4.90 Å². The summed E-state index contributed by atoms with van der Waals surface area (Å²) in [7, 11) is 0. The van der Waals surface area contributed by atoms with E-state index in [1.807, 2.05) is 18.2 Å². The van der Waals surface area contributed by atoms with Crippen LogP contribution < -0.4 is 5.32 Å². The zero-order valence-electron chi connectivity index (χ0n) is 13.9. The number of hydrogen-bond acceptors (Lipinski definition) is 4. The van der Waals surface area contributed by atoms with Crippen LogP contribution in [-0.4, -0.2) is 28.8 Å². The summed E-state index contributed by atoms with van der Waals surface area (Å²) in [5, 5.41) is 13.7. The number of carbonyl (C=O) groups is 1. The lowest BCUT2D eigenvalue weighted by atomic mass is 9.96. The van der Waals surface area contributed by atoms with Gasteiger partial charge in [0, 0.05) is 30.9 Å². The van der Waals surface area contributed by atoms with Crippen molar-refractivity contribution in [2.75, 3.05) is 18.4 Å². The van der Waals surface area contributed by atoms with E-state index in [0.717, 1.165) is 25.9 Å². The number of anilines is 1. The molecule has 3 rings (SSSR count). The maximum Gasteiger partial charge on any atom is 0.271 e. The standard InChI is InChI=1S/C19H21N3O3/c23-19(20-17-9-4-10-18(12-17)22(24)25)16-8-5-11-21(14-16)13-15-6-2-1-3-7-15/h1-4,6-7,9-10,12,16H,5,8,11,13-14H2,(H,20,23)/t16-/m1/s1. The summed E-state index contributed by atoms with van der Waals surface area (Å²) in [5.41, 5.74) is 1.69. The van der Waals surface area contributed by atoms with Gasteiger partial charge in [-0.2, -0.15) is 0 Å². The fraction of sp³-hybridized carbons (Fsp3) is 0.316. The van der Waals surface area contributed by atoms with E-state index in [4.69, 9.17) is 0 Å². The topological polar surface area (TPSA) is 75.5 Å². The molecule has 6 heteroatoms. The number of nitro benzene ring substituents is 1. The Balaban J connectivity index is 1.60. The fourth-order valence-electron chi connectivity index (χ4n) is 3.20. The van der Waals surface area contributed by atoms with Gasteiger partial charge in [0.05, 0.1) is 10.8 Å². The molecule has 0 unspecified atom stereocenters. The van der Waals surface area contributed by atoms with Gasteiger partial charge in [0.2, 0.25) is 5.91 Å². The highest BCUT2D eigenvalue weighted by molar-refractivity contribution is 5.93. The molecule has 130 valence electrons. The summed E-state index contributed by atoms with van der Waals surface area (Å²) in [6.07, 6.45) is 1.81. The van der Waals surface area contributed by atoms with E-state index < -0.39 is 4.92 Å². The lowest BCUT2D eigenvalue weighted by molar-refractivity contribution is -0.384. The summed E-state index contributed by atoms with van der Waals surface area (Å²) < 4.78 is 0. The maximum absolute atomic E-state index is 12.5. The second kappa shape index (κ2) is 7.90. The molecule has 25 heavy (non-hydrogen) atoms. The van der Waals surface area contributed by atoms with Crippen molar-refractivity contribution in [3.05, 3.63) is 70.3 Å². The van der Waals surface area contributed by atoms with Crippen LogP contribution in [0.4, 0.5) is 11.4 Å². The minimum Gasteiger partial charge on any atom is -0.326 e. The van der Waals surface area contributed by atoms with E-state index in [1.54, 1.807) is 12.1 Å². The molecule has 0 spiro atoms. The average Bonchev–Trinajstić information content (AvgIpc) is 2.63. The Morgan fingerprint density at radius 1 is 1.20 bits per heavy atom. The van der Waals surface area contributed by atoms with Crippen LogP contribution in [0.5, 0.6) is 0 Å². The Labute approximate surface area is 146 Å².